The molecule has 1 rings (SSSR count). The average Bonchev–Trinajstić information content (AvgIpc) is 1.95. The number of halogens is 1. The molecule has 1 radical (unpaired) electrons. The monoisotopic (exact) mass is 171 g/mol. The van der Waals surface area contributed by atoms with E-state index in [0.717, 1.165) is 15.5 Å². The van der Waals surface area contributed by atoms with Crippen LogP contribution in [0, 0.1) is 6.92 Å². The fourth-order valence-corrected chi connectivity index (χ4v) is 1.60. The van der Waals surface area contributed by atoms with E-state index in [1.165, 1.54) is 0 Å². The molecule has 0 saturated heterocycles. The predicted molar refractivity (Wildman–Crippen MR) is 47.7 cm³/mol. The van der Waals surface area contributed by atoms with Crippen LogP contribution in [0.5, 0.6) is 0 Å². The summed E-state index contributed by atoms with van der Waals surface area (Å²) in [6, 6.07) is 5.85. The van der Waals surface area contributed by atoms with Crippen molar-refractivity contribution in [1.29, 1.82) is 0 Å². The molecule has 53 valence electrons. The van der Waals surface area contributed by atoms with E-state index >= 15 is 0 Å². The molecule has 0 heterocycles. The van der Waals surface area contributed by atoms with Crippen LogP contribution in [-0.4, -0.2) is 6.26 Å². The van der Waals surface area contributed by atoms with E-state index in [9.17, 15) is 0 Å². The summed E-state index contributed by atoms with van der Waals surface area (Å²) in [4.78, 5) is 1.09. The van der Waals surface area contributed by atoms with Gasteiger partial charge in [0.2, 0.25) is 0 Å². The lowest BCUT2D eigenvalue weighted by atomic mass is 10.2. The van der Waals surface area contributed by atoms with E-state index in [0.29, 0.717) is 0 Å². The molecule has 2 heteroatoms. The zero-order valence-corrected chi connectivity index (χ0v) is 7.30. The maximum absolute atomic E-state index is 5.91. The molecule has 0 aliphatic heterocycles. The highest BCUT2D eigenvalue weighted by atomic mass is 35.5. The van der Waals surface area contributed by atoms with Gasteiger partial charge in [0.15, 0.2) is 0 Å². The first-order chi connectivity index (χ1) is 4.75. The summed E-state index contributed by atoms with van der Waals surface area (Å²) in [6.07, 6.45) is 2.00. The van der Waals surface area contributed by atoms with Crippen LogP contribution in [0.2, 0.25) is 5.02 Å². The normalized spacial score (nSPS) is 9.90. The molecule has 0 atom stereocenters. The summed E-state index contributed by atoms with van der Waals surface area (Å²) in [5.74, 6) is 0. The lowest BCUT2D eigenvalue weighted by molar-refractivity contribution is 1.43. The summed E-state index contributed by atoms with van der Waals surface area (Å²) >= 11 is 7.55. The molecule has 0 N–H and O–H groups in total. The number of rotatable bonds is 1. The van der Waals surface area contributed by atoms with Crippen molar-refractivity contribution in [3.05, 3.63) is 35.7 Å². The molecule has 1 aromatic rings. The maximum atomic E-state index is 5.91. The fourth-order valence-electron chi connectivity index (χ4n) is 0.714. The minimum absolute atomic E-state index is 0.773. The zero-order valence-electron chi connectivity index (χ0n) is 5.73. The third kappa shape index (κ3) is 1.47. The van der Waals surface area contributed by atoms with E-state index in [1.54, 1.807) is 11.8 Å². The van der Waals surface area contributed by atoms with Crippen molar-refractivity contribution in [3.63, 3.8) is 0 Å². The fraction of sp³-hybridized carbons (Fsp3) is 0.125. The van der Waals surface area contributed by atoms with Crippen molar-refractivity contribution in [2.24, 2.45) is 0 Å². The van der Waals surface area contributed by atoms with Gasteiger partial charge in [-0.05, 0) is 24.8 Å². The van der Waals surface area contributed by atoms with Crippen LogP contribution in [0.4, 0.5) is 0 Å². The molecule has 0 bridgehead atoms. The zero-order chi connectivity index (χ0) is 7.56. The minimum Gasteiger partial charge on any atom is -0.128 e. The van der Waals surface area contributed by atoms with Gasteiger partial charge in [-0.25, -0.2) is 0 Å². The topological polar surface area (TPSA) is 0 Å². The van der Waals surface area contributed by atoms with Crippen LogP contribution >= 0.6 is 23.4 Å². The lowest BCUT2D eigenvalue weighted by Gasteiger charge is -2.01. The molecule has 0 aliphatic rings. The van der Waals surface area contributed by atoms with E-state index in [2.05, 4.69) is 6.92 Å². The summed E-state index contributed by atoms with van der Waals surface area (Å²) in [5.41, 5.74) is 0.897. The van der Waals surface area contributed by atoms with Gasteiger partial charge in [-0.15, -0.1) is 11.8 Å². The molecule has 1 aromatic carbocycles. The van der Waals surface area contributed by atoms with Gasteiger partial charge in [0.1, 0.15) is 0 Å². The van der Waals surface area contributed by atoms with Crippen LogP contribution in [0.1, 0.15) is 5.56 Å². The van der Waals surface area contributed by atoms with Crippen molar-refractivity contribution >= 4 is 23.4 Å². The molecule has 0 aliphatic carbocycles. The molecule has 0 amide bonds. The standard InChI is InChI=1S/C8H8ClS/c1-6-4-3-5-7(10-2)8(6)9/h3-5H,1H2,2H3. The summed E-state index contributed by atoms with van der Waals surface area (Å²) in [6.45, 7) is 3.78. The van der Waals surface area contributed by atoms with Crippen molar-refractivity contribution in [1.82, 2.24) is 0 Å². The van der Waals surface area contributed by atoms with Crippen molar-refractivity contribution in [2.45, 2.75) is 4.90 Å². The molecule has 0 fully saturated rings. The quantitative estimate of drug-likeness (QED) is 0.585. The van der Waals surface area contributed by atoms with E-state index < -0.39 is 0 Å². The van der Waals surface area contributed by atoms with Gasteiger partial charge in [-0.3, -0.25) is 0 Å². The molecule has 0 saturated carbocycles. The van der Waals surface area contributed by atoms with Crippen LogP contribution in [0.3, 0.4) is 0 Å². The Kier molecular flexibility index (Phi) is 2.64. The molecular weight excluding hydrogens is 164 g/mol. The van der Waals surface area contributed by atoms with Crippen molar-refractivity contribution in [3.8, 4) is 0 Å². The second kappa shape index (κ2) is 3.31. The number of hydrogen-bond acceptors (Lipinski definition) is 1. The largest absolute Gasteiger partial charge is 0.128 e. The first-order valence-corrected chi connectivity index (χ1v) is 4.50. The first kappa shape index (κ1) is 7.96. The molecule has 0 aromatic heterocycles. The molecule has 0 unspecified atom stereocenters. The second-order valence-electron chi connectivity index (χ2n) is 1.93. The van der Waals surface area contributed by atoms with Gasteiger partial charge in [0.25, 0.3) is 0 Å². The summed E-state index contributed by atoms with van der Waals surface area (Å²) in [5, 5.41) is 0.773. The number of benzene rings is 1. The van der Waals surface area contributed by atoms with Gasteiger partial charge in [0.05, 0.1) is 5.02 Å². The van der Waals surface area contributed by atoms with Crippen molar-refractivity contribution < 1.29 is 0 Å². The second-order valence-corrected chi connectivity index (χ2v) is 3.16. The molecule has 0 nitrogen and oxygen atoms in total. The highest BCUT2D eigenvalue weighted by Gasteiger charge is 1.98. The van der Waals surface area contributed by atoms with E-state index in [-0.39, 0.29) is 0 Å². The molecular formula is C8H8ClS. The first-order valence-electron chi connectivity index (χ1n) is 2.90. The summed E-state index contributed by atoms with van der Waals surface area (Å²) in [7, 11) is 0. The van der Waals surface area contributed by atoms with Gasteiger partial charge >= 0.3 is 0 Å². The summed E-state index contributed by atoms with van der Waals surface area (Å²) < 4.78 is 0. The SMILES string of the molecule is [CH2]c1cccc(SC)c1Cl. The average molecular weight is 172 g/mol. The Morgan fingerprint density at radius 1 is 1.50 bits per heavy atom. The molecule has 0 spiro atoms. The highest BCUT2D eigenvalue weighted by Crippen LogP contribution is 2.27. The van der Waals surface area contributed by atoms with Gasteiger partial charge in [0, 0.05) is 4.90 Å². The third-order valence-electron chi connectivity index (χ3n) is 1.26. The van der Waals surface area contributed by atoms with Gasteiger partial charge in [-0.2, -0.15) is 0 Å². The Morgan fingerprint density at radius 2 is 2.20 bits per heavy atom. The number of hydrogen-bond donors (Lipinski definition) is 0. The Labute approximate surface area is 70.6 Å². The number of thioether (sulfide) groups is 1. The van der Waals surface area contributed by atoms with Crippen LogP contribution in [0.25, 0.3) is 0 Å². The maximum Gasteiger partial charge on any atom is 0.0573 e. The predicted octanol–water partition coefficient (Wildman–Crippen LogP) is 3.24. The van der Waals surface area contributed by atoms with Crippen LogP contribution in [-0.2, 0) is 0 Å². The van der Waals surface area contributed by atoms with Crippen LogP contribution < -0.4 is 0 Å². The third-order valence-corrected chi connectivity index (χ3v) is 2.60. The lowest BCUT2D eigenvalue weighted by Crippen LogP contribution is -1.76. The van der Waals surface area contributed by atoms with Gasteiger partial charge < -0.3 is 0 Å². The Bertz CT molecular complexity index is 233. The smallest absolute Gasteiger partial charge is 0.0573 e. The van der Waals surface area contributed by atoms with E-state index in [1.807, 2.05) is 24.5 Å². The Hall–Kier alpha value is -0.140. The minimum atomic E-state index is 0.773. The van der Waals surface area contributed by atoms with Crippen LogP contribution in [0.15, 0.2) is 23.1 Å². The van der Waals surface area contributed by atoms with E-state index in [4.69, 9.17) is 11.6 Å². The molecule has 10 heavy (non-hydrogen) atoms. The van der Waals surface area contributed by atoms with Crippen molar-refractivity contribution in [2.75, 3.05) is 6.26 Å². The van der Waals surface area contributed by atoms with Gasteiger partial charge in [-0.1, -0.05) is 23.7 Å². The Balaban J connectivity index is 3.14. The Morgan fingerprint density at radius 3 is 2.70 bits per heavy atom. The highest BCUT2D eigenvalue weighted by molar-refractivity contribution is 7.98.